The maximum Gasteiger partial charge on any atom is 0.509 e. The number of benzene rings is 1. The molecule has 0 radical (unpaired) electrons. The molecule has 2 aromatic heterocycles. The molecule has 1 aliphatic carbocycles. The molecule has 14 nitrogen and oxygen atoms in total. The first-order valence-electron chi connectivity index (χ1n) is 13.7. The van der Waals surface area contributed by atoms with Crippen LogP contribution in [0.5, 0.6) is 5.88 Å². The van der Waals surface area contributed by atoms with Crippen molar-refractivity contribution in [2.24, 2.45) is 5.92 Å². The lowest BCUT2D eigenvalue weighted by atomic mass is 9.86. The number of halogens is 1. The fourth-order valence-corrected chi connectivity index (χ4v) is 7.29. The molecular weight excluding hydrogens is 593 g/mol. The Labute approximate surface area is 245 Å². The van der Waals surface area contributed by atoms with E-state index >= 15 is 0 Å². The molecule has 4 aliphatic rings. The van der Waals surface area contributed by atoms with Gasteiger partial charge in [-0.2, -0.15) is 9.97 Å². The number of anilines is 1. The number of carbonyl (C=O) groups excluding carboxylic acids is 1. The normalized spacial score (nSPS) is 32.8. The number of aromatic nitrogens is 4. The summed E-state index contributed by atoms with van der Waals surface area (Å²) in [7, 11) is -4.00. The summed E-state index contributed by atoms with van der Waals surface area (Å²) in [5.41, 5.74) is 6.09. The third-order valence-electron chi connectivity index (χ3n) is 8.07. The summed E-state index contributed by atoms with van der Waals surface area (Å²) in [6, 6.07) is 7.09. The minimum absolute atomic E-state index is 0.0166. The Balaban J connectivity index is 1.13. The number of nitrogens with two attached hydrogens (primary N) is 1. The second-order valence-corrected chi connectivity index (χ2v) is 13.0. The number of rotatable bonds is 8. The molecule has 3 aliphatic heterocycles. The van der Waals surface area contributed by atoms with E-state index in [4.69, 9.17) is 49.9 Å². The van der Waals surface area contributed by atoms with Crippen LogP contribution in [-0.2, 0) is 32.3 Å². The van der Waals surface area contributed by atoms with E-state index in [1.807, 2.05) is 6.07 Å². The molecule has 0 amide bonds. The molecule has 7 rings (SSSR count). The number of fused-ring (bicyclic) bond motifs is 2. The minimum atomic E-state index is -4.00. The van der Waals surface area contributed by atoms with Crippen LogP contribution in [0, 0.1) is 5.92 Å². The number of phosphoric ester groups is 1. The van der Waals surface area contributed by atoms with Crippen LogP contribution in [0.15, 0.2) is 30.6 Å². The second-order valence-electron chi connectivity index (χ2n) is 10.9. The lowest BCUT2D eigenvalue weighted by Crippen LogP contribution is -2.42. The van der Waals surface area contributed by atoms with Gasteiger partial charge >= 0.3 is 14.0 Å². The van der Waals surface area contributed by atoms with Gasteiger partial charge in [0.1, 0.15) is 12.4 Å². The fraction of sp³-hybridized carbons (Fsp3) is 0.538. The first-order chi connectivity index (χ1) is 20.2. The monoisotopic (exact) mass is 621 g/mol. The number of carbonyl (C=O) groups is 1. The summed E-state index contributed by atoms with van der Waals surface area (Å²) < 4.78 is 55.6. The van der Waals surface area contributed by atoms with E-state index in [-0.39, 0.29) is 25.0 Å². The highest BCUT2D eigenvalue weighted by Crippen LogP contribution is 2.58. The molecular formula is C26H29ClN5O9P. The molecule has 16 heteroatoms. The third kappa shape index (κ3) is 4.99. The molecule has 3 saturated heterocycles. The minimum Gasteiger partial charge on any atom is -0.476 e. The highest BCUT2D eigenvalue weighted by Gasteiger charge is 2.64. The van der Waals surface area contributed by atoms with Crippen molar-refractivity contribution in [3.8, 4) is 5.88 Å². The van der Waals surface area contributed by atoms with Gasteiger partial charge in [0, 0.05) is 11.4 Å². The van der Waals surface area contributed by atoms with E-state index in [2.05, 4.69) is 15.0 Å². The summed E-state index contributed by atoms with van der Waals surface area (Å²) in [5.74, 6) is 0.701. The number of phosphoric acid groups is 1. The van der Waals surface area contributed by atoms with Crippen molar-refractivity contribution < 1.29 is 41.9 Å². The van der Waals surface area contributed by atoms with Gasteiger partial charge in [-0.25, -0.2) is 14.3 Å². The molecule has 42 heavy (non-hydrogen) atoms. The molecule has 224 valence electrons. The molecule has 5 heterocycles. The topological polar surface area (TPSA) is 168 Å². The Hall–Kier alpha value is -3.00. The van der Waals surface area contributed by atoms with Crippen LogP contribution in [0.3, 0.4) is 0 Å². The molecule has 0 bridgehead atoms. The summed E-state index contributed by atoms with van der Waals surface area (Å²) in [6.07, 6.45) is 1.12. The van der Waals surface area contributed by atoms with Crippen molar-refractivity contribution in [1.29, 1.82) is 0 Å². The molecule has 0 unspecified atom stereocenters. The molecule has 6 atom stereocenters. The third-order valence-corrected chi connectivity index (χ3v) is 9.78. The van der Waals surface area contributed by atoms with Gasteiger partial charge in [-0.3, -0.25) is 18.1 Å². The summed E-state index contributed by atoms with van der Waals surface area (Å²) in [5, 5.41) is 0.530. The predicted molar refractivity (Wildman–Crippen MR) is 146 cm³/mol. The number of imidazole rings is 1. The first-order valence-corrected chi connectivity index (χ1v) is 15.6. The Morgan fingerprint density at radius 3 is 2.88 bits per heavy atom. The Morgan fingerprint density at radius 1 is 1.24 bits per heavy atom. The van der Waals surface area contributed by atoms with Crippen molar-refractivity contribution in [3.63, 3.8) is 0 Å². The van der Waals surface area contributed by atoms with Crippen molar-refractivity contribution in [1.82, 2.24) is 19.5 Å². The Bertz CT molecular complexity index is 1570. The van der Waals surface area contributed by atoms with Crippen LogP contribution in [0.25, 0.3) is 11.2 Å². The van der Waals surface area contributed by atoms with Gasteiger partial charge in [0.05, 0.1) is 25.9 Å². The highest BCUT2D eigenvalue weighted by atomic mass is 35.5. The lowest BCUT2D eigenvalue weighted by molar-refractivity contribution is -0.0925. The van der Waals surface area contributed by atoms with Crippen LogP contribution in [0.2, 0.25) is 5.02 Å². The highest BCUT2D eigenvalue weighted by molar-refractivity contribution is 7.48. The molecule has 2 N–H and O–H groups in total. The van der Waals surface area contributed by atoms with Crippen LogP contribution in [0.1, 0.15) is 50.5 Å². The van der Waals surface area contributed by atoms with Gasteiger partial charge in [0.25, 0.3) is 0 Å². The van der Waals surface area contributed by atoms with Crippen LogP contribution in [0.4, 0.5) is 10.7 Å². The van der Waals surface area contributed by atoms with Gasteiger partial charge in [0.15, 0.2) is 29.1 Å². The van der Waals surface area contributed by atoms with Crippen molar-refractivity contribution in [2.75, 3.05) is 25.6 Å². The molecule has 1 saturated carbocycles. The zero-order valence-electron chi connectivity index (χ0n) is 22.6. The van der Waals surface area contributed by atoms with Crippen molar-refractivity contribution in [2.45, 2.75) is 62.7 Å². The van der Waals surface area contributed by atoms with E-state index in [0.717, 1.165) is 18.4 Å². The standard InChI is InChI=1S/C26H29ClN5O9P/c1-26-20(39-25(33)40-26)18(12-37-42(34)36-9-8-17(41-42)15-6-3-7-16(27)10-15)38-23(26)32-13-29-21-19(32)22(31-24(28)30-21)35-11-14-4-2-5-14/h3,6-7,10,13-14,17-18,20,23H,2,4-5,8-9,11-12H2,1H3,(H2,28,30,31)/t17-,18+,20+,23+,26+,42+/m0/s1. The molecule has 3 aromatic rings. The average molecular weight is 622 g/mol. The van der Waals surface area contributed by atoms with Gasteiger partial charge in [-0.15, -0.1) is 0 Å². The van der Waals surface area contributed by atoms with Gasteiger partial charge < -0.3 is 24.7 Å². The van der Waals surface area contributed by atoms with E-state index in [1.54, 1.807) is 29.7 Å². The SMILES string of the molecule is C[C@@]12OC(=O)O[C@@H]1[C@@H](CO[P@@]1(=O)OCC[C@@H](c3cccc(Cl)c3)O1)O[C@H]2n1cnc2nc(N)nc(OCC3CCC3)c21. The zero-order chi connectivity index (χ0) is 29.1. The molecule has 1 aromatic carbocycles. The van der Waals surface area contributed by atoms with Crippen LogP contribution < -0.4 is 10.5 Å². The van der Waals surface area contributed by atoms with Crippen molar-refractivity contribution in [3.05, 3.63) is 41.2 Å². The molecule has 4 fully saturated rings. The van der Waals surface area contributed by atoms with Crippen molar-refractivity contribution >= 4 is 42.7 Å². The second kappa shape index (κ2) is 10.6. The lowest BCUT2D eigenvalue weighted by Gasteiger charge is -2.30. The summed E-state index contributed by atoms with van der Waals surface area (Å²) in [6.45, 7) is 2.02. The number of nitrogens with zero attached hydrogens (tertiary/aromatic N) is 4. The summed E-state index contributed by atoms with van der Waals surface area (Å²) >= 11 is 6.12. The van der Waals surface area contributed by atoms with Crippen LogP contribution >= 0.6 is 19.4 Å². The average Bonchev–Trinajstić information content (AvgIpc) is 3.55. The number of hydrogen-bond acceptors (Lipinski definition) is 13. The number of nitrogen functional groups attached to an aromatic ring is 1. The maximum absolute atomic E-state index is 13.5. The first kappa shape index (κ1) is 27.8. The van der Waals surface area contributed by atoms with Gasteiger partial charge in [0.2, 0.25) is 11.8 Å². The molecule has 0 spiro atoms. The van der Waals surface area contributed by atoms with E-state index in [9.17, 15) is 9.36 Å². The Morgan fingerprint density at radius 2 is 2.10 bits per heavy atom. The number of ether oxygens (including phenoxy) is 4. The van der Waals surface area contributed by atoms with Gasteiger partial charge in [-0.05, 0) is 43.4 Å². The van der Waals surface area contributed by atoms with Crippen LogP contribution in [-0.4, -0.2) is 63.3 Å². The summed E-state index contributed by atoms with van der Waals surface area (Å²) in [4.78, 5) is 25.3. The quantitative estimate of drug-likeness (QED) is 0.271. The number of hydrogen-bond donors (Lipinski definition) is 1. The van der Waals surface area contributed by atoms with E-state index in [0.29, 0.717) is 35.1 Å². The largest absolute Gasteiger partial charge is 0.509 e. The zero-order valence-corrected chi connectivity index (χ0v) is 24.2. The predicted octanol–water partition coefficient (Wildman–Crippen LogP) is 4.74. The smallest absolute Gasteiger partial charge is 0.476 e. The fourth-order valence-electron chi connectivity index (χ4n) is 5.70. The van der Waals surface area contributed by atoms with Gasteiger partial charge in [-0.1, -0.05) is 30.2 Å². The Kier molecular flexibility index (Phi) is 7.03. The van der Waals surface area contributed by atoms with E-state index < -0.39 is 44.1 Å². The maximum atomic E-state index is 13.5. The van der Waals surface area contributed by atoms with E-state index in [1.165, 1.54) is 12.7 Å².